The summed E-state index contributed by atoms with van der Waals surface area (Å²) in [6, 6.07) is 29.5. The number of ether oxygens (including phenoxy) is 2. The number of methoxy groups -OCH3 is 2. The van der Waals surface area contributed by atoms with E-state index in [4.69, 9.17) is 9.47 Å². The van der Waals surface area contributed by atoms with Crippen LogP contribution in [0.15, 0.2) is 108 Å². The van der Waals surface area contributed by atoms with E-state index in [0.717, 1.165) is 11.1 Å². The summed E-state index contributed by atoms with van der Waals surface area (Å²) in [5.41, 5.74) is 2.65. The summed E-state index contributed by atoms with van der Waals surface area (Å²) in [6.07, 6.45) is 0. The number of carbonyl (C=O) groups is 1. The molecule has 1 amide bonds. The van der Waals surface area contributed by atoms with Crippen molar-refractivity contribution >= 4 is 21.6 Å². The lowest BCUT2D eigenvalue weighted by Crippen LogP contribution is -2.30. The number of hydrogen-bond donors (Lipinski definition) is 1. The molecule has 4 aromatic rings. The van der Waals surface area contributed by atoms with Gasteiger partial charge in [0, 0.05) is 5.56 Å². The fraction of sp³-hybridized carbons (Fsp3) is 0.167. The second-order valence-corrected chi connectivity index (χ2v) is 10.5. The van der Waals surface area contributed by atoms with E-state index in [1.165, 1.54) is 4.31 Å². The first-order valence-corrected chi connectivity index (χ1v) is 13.5. The van der Waals surface area contributed by atoms with Gasteiger partial charge in [-0.15, -0.1) is 0 Å². The van der Waals surface area contributed by atoms with Crippen molar-refractivity contribution < 1.29 is 22.7 Å². The molecule has 4 rings (SSSR count). The average Bonchev–Trinajstić information content (AvgIpc) is 2.96. The Labute approximate surface area is 223 Å². The summed E-state index contributed by atoms with van der Waals surface area (Å²) in [5, 5.41) is 2.99. The van der Waals surface area contributed by atoms with E-state index < -0.39 is 10.0 Å². The Kier molecular flexibility index (Phi) is 8.33. The van der Waals surface area contributed by atoms with Crippen LogP contribution < -0.4 is 19.1 Å². The largest absolute Gasteiger partial charge is 0.493 e. The van der Waals surface area contributed by atoms with Crippen LogP contribution >= 0.6 is 0 Å². The van der Waals surface area contributed by atoms with Gasteiger partial charge in [-0.3, -0.25) is 9.10 Å². The zero-order valence-corrected chi connectivity index (χ0v) is 22.3. The molecule has 0 saturated carbocycles. The van der Waals surface area contributed by atoms with Gasteiger partial charge in [0.1, 0.15) is 0 Å². The Morgan fingerprint density at radius 3 is 2.03 bits per heavy atom. The van der Waals surface area contributed by atoms with Gasteiger partial charge in [-0.2, -0.15) is 0 Å². The molecule has 196 valence electrons. The molecular formula is C30H30N2O5S. The van der Waals surface area contributed by atoms with Crippen LogP contribution in [0, 0.1) is 0 Å². The molecule has 0 bridgehead atoms. The fourth-order valence-electron chi connectivity index (χ4n) is 4.04. The standard InChI is InChI=1S/C30H30N2O5S/c1-22(25-18-19-28(36-2)29(20-25)37-3)31-30(33)24-16-14-23(15-17-24)21-32(26-10-6-4-7-11-26)38(34,35)27-12-8-5-9-13-27/h4-20,22H,21H2,1-3H3,(H,31,33). The Hall–Kier alpha value is -4.30. The van der Waals surface area contributed by atoms with Gasteiger partial charge in [0.25, 0.3) is 15.9 Å². The van der Waals surface area contributed by atoms with E-state index in [1.54, 1.807) is 99.1 Å². The Bertz CT molecular complexity index is 1470. The highest BCUT2D eigenvalue weighted by atomic mass is 32.2. The first-order valence-electron chi connectivity index (χ1n) is 12.1. The van der Waals surface area contributed by atoms with Crippen LogP contribution in [0.1, 0.15) is 34.5 Å². The van der Waals surface area contributed by atoms with Gasteiger partial charge < -0.3 is 14.8 Å². The predicted octanol–water partition coefficient (Wildman–Crippen LogP) is 5.59. The molecule has 0 radical (unpaired) electrons. The zero-order valence-electron chi connectivity index (χ0n) is 21.5. The highest BCUT2D eigenvalue weighted by molar-refractivity contribution is 7.92. The summed E-state index contributed by atoms with van der Waals surface area (Å²) >= 11 is 0. The van der Waals surface area contributed by atoms with Crippen molar-refractivity contribution in [1.82, 2.24) is 5.32 Å². The highest BCUT2D eigenvalue weighted by Crippen LogP contribution is 2.30. The number of para-hydroxylation sites is 1. The normalized spacial score (nSPS) is 11.9. The molecule has 1 N–H and O–H groups in total. The number of nitrogens with zero attached hydrogens (tertiary/aromatic N) is 1. The van der Waals surface area contributed by atoms with E-state index in [0.29, 0.717) is 22.7 Å². The first-order chi connectivity index (χ1) is 18.3. The summed E-state index contributed by atoms with van der Waals surface area (Å²) in [4.78, 5) is 13.1. The van der Waals surface area contributed by atoms with Gasteiger partial charge >= 0.3 is 0 Å². The number of nitrogens with one attached hydrogen (secondary N) is 1. The van der Waals surface area contributed by atoms with Gasteiger partial charge in [0.2, 0.25) is 0 Å². The molecule has 0 aliphatic carbocycles. The molecule has 4 aromatic carbocycles. The third-order valence-corrected chi connectivity index (χ3v) is 7.96. The van der Waals surface area contributed by atoms with Crippen molar-refractivity contribution in [3.63, 3.8) is 0 Å². The number of carbonyl (C=O) groups excluding carboxylic acids is 1. The maximum atomic E-state index is 13.5. The molecule has 1 atom stereocenters. The van der Waals surface area contributed by atoms with Crippen LogP contribution in [0.5, 0.6) is 11.5 Å². The Balaban J connectivity index is 1.51. The number of sulfonamides is 1. The molecular weight excluding hydrogens is 500 g/mol. The van der Waals surface area contributed by atoms with E-state index in [2.05, 4.69) is 5.32 Å². The van der Waals surface area contributed by atoms with Crippen LogP contribution in [0.2, 0.25) is 0 Å². The van der Waals surface area contributed by atoms with Crippen molar-refractivity contribution in [2.24, 2.45) is 0 Å². The molecule has 8 heteroatoms. The van der Waals surface area contributed by atoms with Gasteiger partial charge in [-0.05, 0) is 66.6 Å². The lowest BCUT2D eigenvalue weighted by Gasteiger charge is -2.25. The minimum atomic E-state index is -3.80. The fourth-order valence-corrected chi connectivity index (χ4v) is 5.52. The molecule has 38 heavy (non-hydrogen) atoms. The van der Waals surface area contributed by atoms with Crippen LogP contribution in [0.3, 0.4) is 0 Å². The quantitative estimate of drug-likeness (QED) is 0.289. The monoisotopic (exact) mass is 530 g/mol. The summed E-state index contributed by atoms with van der Waals surface area (Å²) < 4.78 is 39.0. The maximum absolute atomic E-state index is 13.5. The van der Waals surface area contributed by atoms with E-state index in [1.807, 2.05) is 25.1 Å². The number of amides is 1. The first kappa shape index (κ1) is 26.8. The van der Waals surface area contributed by atoms with Crippen LogP contribution in [-0.2, 0) is 16.6 Å². The van der Waals surface area contributed by atoms with Gasteiger partial charge in [-0.1, -0.05) is 54.6 Å². The van der Waals surface area contributed by atoms with Crippen molar-refractivity contribution in [3.8, 4) is 11.5 Å². The van der Waals surface area contributed by atoms with Gasteiger partial charge in [0.05, 0.1) is 37.4 Å². The zero-order chi connectivity index (χ0) is 27.1. The second-order valence-electron chi connectivity index (χ2n) is 8.67. The minimum absolute atomic E-state index is 0.116. The molecule has 7 nitrogen and oxygen atoms in total. The van der Waals surface area contributed by atoms with Crippen LogP contribution in [0.25, 0.3) is 0 Å². The lowest BCUT2D eigenvalue weighted by molar-refractivity contribution is 0.0940. The molecule has 0 aliphatic rings. The summed E-state index contributed by atoms with van der Waals surface area (Å²) in [6.45, 7) is 2.00. The minimum Gasteiger partial charge on any atom is -0.493 e. The molecule has 0 heterocycles. The highest BCUT2D eigenvalue weighted by Gasteiger charge is 2.25. The van der Waals surface area contributed by atoms with E-state index in [-0.39, 0.29) is 23.4 Å². The third kappa shape index (κ3) is 5.98. The molecule has 0 saturated heterocycles. The Morgan fingerprint density at radius 1 is 0.816 bits per heavy atom. The predicted molar refractivity (Wildman–Crippen MR) is 148 cm³/mol. The third-order valence-electron chi connectivity index (χ3n) is 6.17. The lowest BCUT2D eigenvalue weighted by atomic mass is 10.1. The number of hydrogen-bond acceptors (Lipinski definition) is 5. The average molecular weight is 531 g/mol. The van der Waals surface area contributed by atoms with Crippen LogP contribution in [0.4, 0.5) is 5.69 Å². The SMILES string of the molecule is COc1ccc(C(C)NC(=O)c2ccc(CN(c3ccccc3)S(=O)(=O)c3ccccc3)cc2)cc1OC. The van der Waals surface area contributed by atoms with Gasteiger partial charge in [-0.25, -0.2) is 8.42 Å². The molecule has 0 fully saturated rings. The smallest absolute Gasteiger partial charge is 0.264 e. The van der Waals surface area contributed by atoms with Crippen molar-refractivity contribution in [2.75, 3.05) is 18.5 Å². The van der Waals surface area contributed by atoms with E-state index >= 15 is 0 Å². The van der Waals surface area contributed by atoms with Crippen molar-refractivity contribution in [3.05, 3.63) is 120 Å². The summed E-state index contributed by atoms with van der Waals surface area (Å²) in [7, 11) is -0.663. The maximum Gasteiger partial charge on any atom is 0.264 e. The second kappa shape index (κ2) is 11.8. The van der Waals surface area contributed by atoms with Crippen molar-refractivity contribution in [1.29, 1.82) is 0 Å². The van der Waals surface area contributed by atoms with Crippen LogP contribution in [-0.4, -0.2) is 28.5 Å². The molecule has 0 aliphatic heterocycles. The number of benzene rings is 4. The molecule has 0 spiro atoms. The topological polar surface area (TPSA) is 84.9 Å². The van der Waals surface area contributed by atoms with E-state index in [9.17, 15) is 13.2 Å². The Morgan fingerprint density at radius 2 is 1.42 bits per heavy atom. The summed E-state index contributed by atoms with van der Waals surface area (Å²) in [5.74, 6) is 0.962. The number of anilines is 1. The molecule has 0 aromatic heterocycles. The van der Waals surface area contributed by atoms with Crippen molar-refractivity contribution in [2.45, 2.75) is 24.4 Å². The van der Waals surface area contributed by atoms with Gasteiger partial charge in [0.15, 0.2) is 11.5 Å². The number of rotatable bonds is 10. The molecule has 1 unspecified atom stereocenters.